The third kappa shape index (κ3) is 7.18. The summed E-state index contributed by atoms with van der Waals surface area (Å²) >= 11 is 0. The standard InChI is InChI=1S/C22H35N3O5/c1-16(2)12-18(22(27)30-5)23-21(26)15-25-10-8-24(9-11-25)14-17-6-7-19(28-3)20(13-17)29-4/h6-7,13,16,18H,8-12,14-15H2,1-5H3,(H,23,26)/t18-/m0/s1. The van der Waals surface area contributed by atoms with Crippen LogP contribution in [0.4, 0.5) is 0 Å². The number of nitrogens with one attached hydrogen (secondary N) is 1. The quantitative estimate of drug-likeness (QED) is 0.574. The van der Waals surface area contributed by atoms with Crippen LogP contribution < -0.4 is 14.8 Å². The maximum Gasteiger partial charge on any atom is 0.328 e. The largest absolute Gasteiger partial charge is 0.493 e. The van der Waals surface area contributed by atoms with E-state index in [9.17, 15) is 9.59 Å². The molecule has 0 bridgehead atoms. The van der Waals surface area contributed by atoms with Crippen LogP contribution in [0.25, 0.3) is 0 Å². The van der Waals surface area contributed by atoms with Crippen molar-refractivity contribution >= 4 is 11.9 Å². The van der Waals surface area contributed by atoms with Gasteiger partial charge in [-0.1, -0.05) is 19.9 Å². The Morgan fingerprint density at radius 1 is 1.00 bits per heavy atom. The van der Waals surface area contributed by atoms with Crippen molar-refractivity contribution in [2.45, 2.75) is 32.9 Å². The molecular weight excluding hydrogens is 386 g/mol. The second-order valence-electron chi connectivity index (χ2n) is 8.01. The zero-order valence-electron chi connectivity index (χ0n) is 18.8. The van der Waals surface area contributed by atoms with E-state index in [2.05, 4.69) is 15.1 Å². The average Bonchev–Trinajstić information content (AvgIpc) is 2.73. The molecule has 8 heteroatoms. The summed E-state index contributed by atoms with van der Waals surface area (Å²) in [5.74, 6) is 1.21. The minimum absolute atomic E-state index is 0.139. The van der Waals surface area contributed by atoms with E-state index in [4.69, 9.17) is 14.2 Å². The molecule has 0 radical (unpaired) electrons. The van der Waals surface area contributed by atoms with Crippen molar-refractivity contribution in [3.63, 3.8) is 0 Å². The van der Waals surface area contributed by atoms with Gasteiger partial charge in [-0.3, -0.25) is 14.6 Å². The lowest BCUT2D eigenvalue weighted by Crippen LogP contribution is -2.51. The molecule has 0 spiro atoms. The first-order valence-corrected chi connectivity index (χ1v) is 10.4. The van der Waals surface area contributed by atoms with Crippen molar-refractivity contribution in [1.29, 1.82) is 0 Å². The number of amides is 1. The molecule has 1 heterocycles. The van der Waals surface area contributed by atoms with Crippen molar-refractivity contribution in [2.75, 3.05) is 54.1 Å². The number of ether oxygens (including phenoxy) is 3. The van der Waals surface area contributed by atoms with E-state index >= 15 is 0 Å². The van der Waals surface area contributed by atoms with Crippen molar-refractivity contribution in [3.05, 3.63) is 23.8 Å². The number of methoxy groups -OCH3 is 3. The third-order valence-corrected chi connectivity index (χ3v) is 5.21. The maximum atomic E-state index is 12.4. The first kappa shape index (κ1) is 24.0. The summed E-state index contributed by atoms with van der Waals surface area (Å²) in [6.45, 7) is 8.47. The highest BCUT2D eigenvalue weighted by Crippen LogP contribution is 2.28. The summed E-state index contributed by atoms with van der Waals surface area (Å²) < 4.78 is 15.5. The molecule has 1 aliphatic rings. The third-order valence-electron chi connectivity index (χ3n) is 5.21. The van der Waals surface area contributed by atoms with E-state index < -0.39 is 12.0 Å². The Morgan fingerprint density at radius 2 is 1.63 bits per heavy atom. The van der Waals surface area contributed by atoms with Gasteiger partial charge in [-0.2, -0.15) is 0 Å². The number of esters is 1. The molecule has 0 aliphatic carbocycles. The smallest absolute Gasteiger partial charge is 0.328 e. The molecular formula is C22H35N3O5. The van der Waals surface area contributed by atoms with Crippen LogP contribution in [0.3, 0.4) is 0 Å². The van der Waals surface area contributed by atoms with Crippen LogP contribution in [-0.2, 0) is 20.9 Å². The predicted molar refractivity (Wildman–Crippen MR) is 115 cm³/mol. The molecule has 8 nitrogen and oxygen atoms in total. The fourth-order valence-corrected chi connectivity index (χ4v) is 3.61. The molecule has 1 saturated heterocycles. The summed E-state index contributed by atoms with van der Waals surface area (Å²) in [6.07, 6.45) is 0.567. The van der Waals surface area contributed by atoms with Gasteiger partial charge in [-0.25, -0.2) is 4.79 Å². The van der Waals surface area contributed by atoms with Gasteiger partial charge >= 0.3 is 5.97 Å². The van der Waals surface area contributed by atoms with Crippen LogP contribution in [0.1, 0.15) is 25.8 Å². The number of piperazine rings is 1. The van der Waals surface area contributed by atoms with Crippen LogP contribution in [0, 0.1) is 5.92 Å². The molecule has 0 aromatic heterocycles. The Morgan fingerprint density at radius 3 is 2.20 bits per heavy atom. The molecule has 0 unspecified atom stereocenters. The van der Waals surface area contributed by atoms with E-state index in [0.29, 0.717) is 6.42 Å². The SMILES string of the molecule is COC(=O)[C@H](CC(C)C)NC(=O)CN1CCN(Cc2ccc(OC)c(OC)c2)CC1. The van der Waals surface area contributed by atoms with E-state index in [-0.39, 0.29) is 18.4 Å². The zero-order valence-corrected chi connectivity index (χ0v) is 18.8. The summed E-state index contributed by atoms with van der Waals surface area (Å²) in [5, 5.41) is 2.83. The molecule has 1 atom stereocenters. The van der Waals surface area contributed by atoms with Crippen molar-refractivity contribution in [1.82, 2.24) is 15.1 Å². The van der Waals surface area contributed by atoms with Crippen LogP contribution >= 0.6 is 0 Å². The van der Waals surface area contributed by atoms with Gasteiger partial charge in [0.25, 0.3) is 0 Å². The van der Waals surface area contributed by atoms with Crippen molar-refractivity contribution in [3.8, 4) is 11.5 Å². The molecule has 1 aliphatic heterocycles. The summed E-state index contributed by atoms with van der Waals surface area (Å²) in [7, 11) is 4.61. The molecule has 1 fully saturated rings. The van der Waals surface area contributed by atoms with E-state index in [1.54, 1.807) is 14.2 Å². The molecule has 2 rings (SSSR count). The minimum Gasteiger partial charge on any atom is -0.493 e. The minimum atomic E-state index is -0.589. The number of benzene rings is 1. The summed E-state index contributed by atoms with van der Waals surface area (Å²) in [4.78, 5) is 28.8. The Hall–Kier alpha value is -2.32. The highest BCUT2D eigenvalue weighted by Gasteiger charge is 2.25. The Labute approximate surface area is 179 Å². The van der Waals surface area contributed by atoms with Gasteiger partial charge in [-0.05, 0) is 30.0 Å². The van der Waals surface area contributed by atoms with Crippen molar-refractivity contribution in [2.24, 2.45) is 5.92 Å². The van der Waals surface area contributed by atoms with Gasteiger partial charge in [0.1, 0.15) is 6.04 Å². The molecule has 1 aromatic rings. The van der Waals surface area contributed by atoms with E-state index in [1.807, 2.05) is 32.0 Å². The fourth-order valence-electron chi connectivity index (χ4n) is 3.61. The molecule has 1 amide bonds. The number of hydrogen-bond acceptors (Lipinski definition) is 7. The van der Waals surface area contributed by atoms with Crippen LogP contribution in [0.15, 0.2) is 18.2 Å². The first-order valence-electron chi connectivity index (χ1n) is 10.4. The second-order valence-corrected chi connectivity index (χ2v) is 8.01. The molecule has 168 valence electrons. The number of carbonyl (C=O) groups excluding carboxylic acids is 2. The highest BCUT2D eigenvalue weighted by atomic mass is 16.5. The Bertz CT molecular complexity index is 702. The predicted octanol–water partition coefficient (Wildman–Crippen LogP) is 1.53. The van der Waals surface area contributed by atoms with Gasteiger partial charge in [0.15, 0.2) is 11.5 Å². The zero-order chi connectivity index (χ0) is 22.1. The van der Waals surface area contributed by atoms with Gasteiger partial charge in [0, 0.05) is 32.7 Å². The van der Waals surface area contributed by atoms with Gasteiger partial charge in [0.05, 0.1) is 27.9 Å². The number of carbonyl (C=O) groups is 2. The van der Waals surface area contributed by atoms with Crippen molar-refractivity contribution < 1.29 is 23.8 Å². The van der Waals surface area contributed by atoms with Gasteiger partial charge < -0.3 is 19.5 Å². The molecule has 0 saturated carbocycles. The lowest BCUT2D eigenvalue weighted by atomic mass is 10.0. The van der Waals surface area contributed by atoms with E-state index in [0.717, 1.165) is 49.8 Å². The maximum absolute atomic E-state index is 12.4. The summed E-state index contributed by atoms with van der Waals surface area (Å²) in [6, 6.07) is 5.38. The Balaban J connectivity index is 1.81. The van der Waals surface area contributed by atoms with Gasteiger partial charge in [-0.15, -0.1) is 0 Å². The lowest BCUT2D eigenvalue weighted by Gasteiger charge is -2.34. The van der Waals surface area contributed by atoms with Crippen LogP contribution in [-0.4, -0.2) is 81.8 Å². The highest BCUT2D eigenvalue weighted by molar-refractivity contribution is 5.85. The van der Waals surface area contributed by atoms with Crippen LogP contribution in [0.5, 0.6) is 11.5 Å². The lowest BCUT2D eigenvalue weighted by molar-refractivity contribution is -0.145. The number of nitrogens with zero attached hydrogens (tertiary/aromatic N) is 2. The molecule has 30 heavy (non-hydrogen) atoms. The average molecular weight is 422 g/mol. The fraction of sp³-hybridized carbons (Fsp3) is 0.636. The first-order chi connectivity index (χ1) is 14.4. The monoisotopic (exact) mass is 421 g/mol. The van der Waals surface area contributed by atoms with Crippen LogP contribution in [0.2, 0.25) is 0 Å². The van der Waals surface area contributed by atoms with Gasteiger partial charge in [0.2, 0.25) is 5.91 Å². The second kappa shape index (κ2) is 11.8. The Kier molecular flexibility index (Phi) is 9.39. The normalized spacial score (nSPS) is 16.2. The number of rotatable bonds is 10. The summed E-state index contributed by atoms with van der Waals surface area (Å²) in [5.41, 5.74) is 1.16. The van der Waals surface area contributed by atoms with E-state index in [1.165, 1.54) is 7.11 Å². The molecule has 1 N–H and O–H groups in total. The topological polar surface area (TPSA) is 80.3 Å². The number of hydrogen-bond donors (Lipinski definition) is 1. The molecule has 1 aromatic carbocycles.